The summed E-state index contributed by atoms with van der Waals surface area (Å²) in [5.74, 6) is 5.71. The van der Waals surface area contributed by atoms with Gasteiger partial charge in [-0.05, 0) is 17.7 Å². The van der Waals surface area contributed by atoms with Crippen molar-refractivity contribution >= 4 is 0 Å². The van der Waals surface area contributed by atoms with E-state index in [1.165, 1.54) is 16.8 Å². The van der Waals surface area contributed by atoms with Crippen molar-refractivity contribution in [2.45, 2.75) is 6.54 Å². The van der Waals surface area contributed by atoms with Crippen molar-refractivity contribution < 1.29 is 0 Å². The van der Waals surface area contributed by atoms with Crippen molar-refractivity contribution in [2.75, 3.05) is 6.54 Å². The second kappa shape index (κ2) is 5.85. The number of hydrogen-bond donors (Lipinski definition) is 2. The maximum Gasteiger partial charge on any atom is 0.328 e. The van der Waals surface area contributed by atoms with E-state index < -0.39 is 11.2 Å². The van der Waals surface area contributed by atoms with E-state index in [-0.39, 0.29) is 0 Å². The van der Waals surface area contributed by atoms with Crippen LogP contribution in [0.1, 0.15) is 11.1 Å². The summed E-state index contributed by atoms with van der Waals surface area (Å²) in [6.45, 7) is 0.692. The molecule has 0 amide bonds. The molecule has 0 saturated carbocycles. The lowest BCUT2D eigenvalue weighted by Crippen LogP contribution is -2.28. The van der Waals surface area contributed by atoms with Gasteiger partial charge in [0.25, 0.3) is 5.56 Å². The van der Waals surface area contributed by atoms with Crippen molar-refractivity contribution in [3.05, 3.63) is 68.5 Å². The zero-order valence-electron chi connectivity index (χ0n) is 10.2. The summed E-state index contributed by atoms with van der Waals surface area (Å²) < 4.78 is 1.43. The number of nitrogens with zero attached hydrogens (tertiary/aromatic N) is 1. The minimum absolute atomic E-state index is 0.309. The third kappa shape index (κ3) is 3.44. The van der Waals surface area contributed by atoms with Gasteiger partial charge in [0.15, 0.2) is 0 Å². The lowest BCUT2D eigenvalue weighted by atomic mass is 10.1. The average Bonchev–Trinajstić information content (AvgIpc) is 2.40. The van der Waals surface area contributed by atoms with Crippen molar-refractivity contribution in [3.63, 3.8) is 0 Å². The molecule has 3 N–H and O–H groups in total. The summed E-state index contributed by atoms with van der Waals surface area (Å²) in [5.41, 5.74) is 6.27. The quantitative estimate of drug-likeness (QED) is 0.735. The van der Waals surface area contributed by atoms with E-state index in [1.807, 2.05) is 24.3 Å². The van der Waals surface area contributed by atoms with Gasteiger partial charge >= 0.3 is 5.69 Å². The number of rotatable bonds is 2. The molecule has 0 aliphatic carbocycles. The number of nitrogens with two attached hydrogens (primary N) is 1. The van der Waals surface area contributed by atoms with Crippen LogP contribution in [-0.2, 0) is 6.54 Å². The third-order valence-electron chi connectivity index (χ3n) is 2.51. The predicted octanol–water partition coefficient (Wildman–Crippen LogP) is -0.105. The fourth-order valence-electron chi connectivity index (χ4n) is 1.67. The van der Waals surface area contributed by atoms with E-state index in [9.17, 15) is 9.59 Å². The zero-order chi connectivity index (χ0) is 13.7. The van der Waals surface area contributed by atoms with Crippen molar-refractivity contribution in [2.24, 2.45) is 5.73 Å². The molecule has 5 heteroatoms. The van der Waals surface area contributed by atoms with Gasteiger partial charge in [-0.2, -0.15) is 0 Å². The number of nitrogens with one attached hydrogen (secondary N) is 1. The molecule has 0 spiro atoms. The summed E-state index contributed by atoms with van der Waals surface area (Å²) in [7, 11) is 0. The third-order valence-corrected chi connectivity index (χ3v) is 2.51. The van der Waals surface area contributed by atoms with Gasteiger partial charge in [-0.1, -0.05) is 24.0 Å². The van der Waals surface area contributed by atoms with Crippen LogP contribution >= 0.6 is 0 Å². The summed E-state index contributed by atoms with van der Waals surface area (Å²) in [4.78, 5) is 24.7. The van der Waals surface area contributed by atoms with Crippen LogP contribution in [0, 0.1) is 11.8 Å². The minimum Gasteiger partial charge on any atom is -0.320 e. The molecule has 2 rings (SSSR count). The standard InChI is InChI=1S/C14H13N3O2/c15-7-2-5-11-3-1-4-12(9-11)10-17-8-6-13(18)16-14(17)19/h1,3-4,6,8-9H,7,10,15H2,(H,16,18,19). The molecule has 0 aliphatic rings. The van der Waals surface area contributed by atoms with E-state index in [4.69, 9.17) is 5.73 Å². The molecule has 2 aromatic rings. The van der Waals surface area contributed by atoms with Crippen LogP contribution < -0.4 is 17.0 Å². The largest absolute Gasteiger partial charge is 0.328 e. The second-order valence-corrected chi connectivity index (χ2v) is 3.94. The number of aromatic amines is 1. The lowest BCUT2D eigenvalue weighted by Gasteiger charge is -2.04. The van der Waals surface area contributed by atoms with Crippen molar-refractivity contribution in [3.8, 4) is 11.8 Å². The fraction of sp³-hybridized carbons (Fsp3) is 0.143. The highest BCUT2D eigenvalue weighted by Gasteiger charge is 1.99. The Hall–Kier alpha value is -2.58. The maximum absolute atomic E-state index is 11.6. The van der Waals surface area contributed by atoms with E-state index in [2.05, 4.69) is 16.8 Å². The monoisotopic (exact) mass is 255 g/mol. The number of hydrogen-bond acceptors (Lipinski definition) is 3. The first-order valence-electron chi connectivity index (χ1n) is 5.77. The second-order valence-electron chi connectivity index (χ2n) is 3.94. The Morgan fingerprint density at radius 2 is 2.11 bits per heavy atom. The first kappa shape index (κ1) is 12.9. The summed E-state index contributed by atoms with van der Waals surface area (Å²) in [5, 5.41) is 0. The Bertz CT molecular complexity index is 747. The van der Waals surface area contributed by atoms with Gasteiger partial charge in [0.2, 0.25) is 0 Å². The van der Waals surface area contributed by atoms with Gasteiger partial charge in [0.1, 0.15) is 0 Å². The van der Waals surface area contributed by atoms with Crippen molar-refractivity contribution in [1.29, 1.82) is 0 Å². The summed E-state index contributed by atoms with van der Waals surface area (Å²) in [6, 6.07) is 8.85. The molecular weight excluding hydrogens is 242 g/mol. The van der Waals surface area contributed by atoms with Crippen LogP contribution in [-0.4, -0.2) is 16.1 Å². The normalized spacial score (nSPS) is 9.74. The first-order chi connectivity index (χ1) is 9.19. The van der Waals surface area contributed by atoms with Gasteiger partial charge in [0.05, 0.1) is 13.1 Å². The van der Waals surface area contributed by atoms with Gasteiger partial charge in [-0.3, -0.25) is 14.3 Å². The van der Waals surface area contributed by atoms with Crippen LogP contribution in [0.4, 0.5) is 0 Å². The smallest absolute Gasteiger partial charge is 0.320 e. The van der Waals surface area contributed by atoms with Crippen LogP contribution in [0.5, 0.6) is 0 Å². The molecule has 19 heavy (non-hydrogen) atoms. The van der Waals surface area contributed by atoms with Gasteiger partial charge in [-0.25, -0.2) is 4.79 Å². The Labute approximate surface area is 109 Å². The molecule has 0 fully saturated rings. The molecule has 96 valence electrons. The predicted molar refractivity (Wildman–Crippen MR) is 72.8 cm³/mol. The number of aromatic nitrogens is 2. The molecule has 1 heterocycles. The van der Waals surface area contributed by atoms with Crippen LogP contribution in [0.3, 0.4) is 0 Å². The average molecular weight is 255 g/mol. The van der Waals surface area contributed by atoms with E-state index in [1.54, 1.807) is 0 Å². The molecule has 1 aromatic carbocycles. The molecule has 0 aliphatic heterocycles. The van der Waals surface area contributed by atoms with Crippen LogP contribution in [0.2, 0.25) is 0 Å². The molecule has 5 nitrogen and oxygen atoms in total. The van der Waals surface area contributed by atoms with Crippen LogP contribution in [0.15, 0.2) is 46.1 Å². The highest BCUT2D eigenvalue weighted by Crippen LogP contribution is 2.05. The maximum atomic E-state index is 11.6. The molecule has 0 unspecified atom stereocenters. The van der Waals surface area contributed by atoms with Gasteiger partial charge < -0.3 is 5.73 Å². The molecule has 0 radical (unpaired) electrons. The molecular formula is C14H13N3O2. The number of H-pyrrole nitrogens is 1. The minimum atomic E-state index is -0.425. The molecule has 1 aromatic heterocycles. The van der Waals surface area contributed by atoms with Gasteiger partial charge in [0, 0.05) is 17.8 Å². The molecule has 0 saturated heterocycles. The zero-order valence-corrected chi connectivity index (χ0v) is 10.2. The van der Waals surface area contributed by atoms with E-state index in [0.29, 0.717) is 13.1 Å². The molecule has 0 bridgehead atoms. The Morgan fingerprint density at radius 3 is 2.84 bits per heavy atom. The highest BCUT2D eigenvalue weighted by molar-refractivity contribution is 5.37. The Kier molecular flexibility index (Phi) is 3.96. The molecule has 0 atom stereocenters. The first-order valence-corrected chi connectivity index (χ1v) is 5.77. The SMILES string of the molecule is NCC#Cc1cccc(Cn2ccc(=O)[nH]c2=O)c1. The van der Waals surface area contributed by atoms with E-state index in [0.717, 1.165) is 11.1 Å². The van der Waals surface area contributed by atoms with Crippen molar-refractivity contribution in [1.82, 2.24) is 9.55 Å². The Morgan fingerprint density at radius 1 is 1.26 bits per heavy atom. The fourth-order valence-corrected chi connectivity index (χ4v) is 1.67. The summed E-state index contributed by atoms with van der Waals surface area (Å²) >= 11 is 0. The topological polar surface area (TPSA) is 80.9 Å². The lowest BCUT2D eigenvalue weighted by molar-refractivity contribution is 0.720. The van der Waals surface area contributed by atoms with E-state index >= 15 is 0 Å². The highest BCUT2D eigenvalue weighted by atomic mass is 16.2. The van der Waals surface area contributed by atoms with Crippen LogP contribution in [0.25, 0.3) is 0 Å². The summed E-state index contributed by atoms with van der Waals surface area (Å²) in [6.07, 6.45) is 1.47. The van der Waals surface area contributed by atoms with Gasteiger partial charge in [-0.15, -0.1) is 0 Å². The number of benzene rings is 1. The Balaban J connectivity index is 2.28.